The van der Waals surface area contributed by atoms with E-state index in [-0.39, 0.29) is 23.6 Å². The standard InChI is InChI=1S/C18H20N2O6S/c1-3-26-18(21)17(13-14-7-5-4-6-8-14)19(2)27(24,25)16-11-9-15(10-12-16)20(22)23/h4-12,17H,3,13H2,1-2H3. The van der Waals surface area contributed by atoms with E-state index in [0.29, 0.717) is 0 Å². The average Bonchev–Trinajstić information content (AvgIpc) is 2.66. The van der Waals surface area contributed by atoms with Crippen molar-refractivity contribution in [2.75, 3.05) is 13.7 Å². The maximum atomic E-state index is 12.9. The van der Waals surface area contributed by atoms with Gasteiger partial charge in [-0.25, -0.2) is 8.42 Å². The maximum Gasteiger partial charge on any atom is 0.324 e. The van der Waals surface area contributed by atoms with E-state index in [0.717, 1.165) is 34.1 Å². The third-order valence-corrected chi connectivity index (χ3v) is 5.87. The van der Waals surface area contributed by atoms with Gasteiger partial charge in [0.2, 0.25) is 10.0 Å². The van der Waals surface area contributed by atoms with Crippen LogP contribution in [0.5, 0.6) is 0 Å². The highest BCUT2D eigenvalue weighted by Crippen LogP contribution is 2.22. The van der Waals surface area contributed by atoms with Crippen LogP contribution in [-0.2, 0) is 26.0 Å². The lowest BCUT2D eigenvalue weighted by Crippen LogP contribution is -2.44. The van der Waals surface area contributed by atoms with Crippen LogP contribution in [0.15, 0.2) is 59.5 Å². The van der Waals surface area contributed by atoms with Gasteiger partial charge in [-0.05, 0) is 31.0 Å². The van der Waals surface area contributed by atoms with Gasteiger partial charge < -0.3 is 4.74 Å². The minimum atomic E-state index is -4.05. The minimum Gasteiger partial charge on any atom is -0.465 e. The van der Waals surface area contributed by atoms with Crippen LogP contribution in [0.2, 0.25) is 0 Å². The Bertz CT molecular complexity index is 897. The Morgan fingerprint density at radius 2 is 1.74 bits per heavy atom. The molecule has 8 nitrogen and oxygen atoms in total. The Morgan fingerprint density at radius 1 is 1.15 bits per heavy atom. The summed E-state index contributed by atoms with van der Waals surface area (Å²) < 4.78 is 31.8. The van der Waals surface area contributed by atoms with E-state index in [1.165, 1.54) is 7.05 Å². The summed E-state index contributed by atoms with van der Waals surface area (Å²) in [5.41, 5.74) is 0.559. The van der Waals surface area contributed by atoms with E-state index in [9.17, 15) is 23.3 Å². The molecule has 144 valence electrons. The second-order valence-corrected chi connectivity index (χ2v) is 7.73. The molecule has 1 atom stereocenters. The molecule has 0 aliphatic carbocycles. The van der Waals surface area contributed by atoms with E-state index in [1.807, 2.05) is 6.07 Å². The SMILES string of the molecule is CCOC(=O)C(Cc1ccccc1)N(C)S(=O)(=O)c1ccc([N+](=O)[O-])cc1. The van der Waals surface area contributed by atoms with Gasteiger partial charge in [0.1, 0.15) is 6.04 Å². The number of non-ortho nitro benzene ring substituents is 1. The van der Waals surface area contributed by atoms with Crippen molar-refractivity contribution in [2.45, 2.75) is 24.3 Å². The van der Waals surface area contributed by atoms with Gasteiger partial charge in [-0.2, -0.15) is 4.31 Å². The predicted molar refractivity (Wildman–Crippen MR) is 98.6 cm³/mol. The van der Waals surface area contributed by atoms with Crippen LogP contribution < -0.4 is 0 Å². The number of nitro benzene ring substituents is 1. The number of esters is 1. The lowest BCUT2D eigenvalue weighted by Gasteiger charge is -2.26. The fourth-order valence-electron chi connectivity index (χ4n) is 2.51. The van der Waals surface area contributed by atoms with Crippen LogP contribution >= 0.6 is 0 Å². The van der Waals surface area contributed by atoms with Crippen LogP contribution in [0, 0.1) is 10.1 Å². The first-order valence-corrected chi connectivity index (χ1v) is 9.64. The zero-order chi connectivity index (χ0) is 20.0. The summed E-state index contributed by atoms with van der Waals surface area (Å²) in [6.45, 7) is 1.76. The fraction of sp³-hybridized carbons (Fsp3) is 0.278. The molecule has 0 fully saturated rings. The first-order valence-electron chi connectivity index (χ1n) is 8.20. The second-order valence-electron chi connectivity index (χ2n) is 5.73. The number of hydrogen-bond donors (Lipinski definition) is 0. The Hall–Kier alpha value is -2.78. The maximum absolute atomic E-state index is 12.9. The number of carbonyl (C=O) groups excluding carboxylic acids is 1. The number of likely N-dealkylation sites (N-methyl/N-ethyl adjacent to an activating group) is 1. The Kier molecular flexibility index (Phi) is 6.65. The van der Waals surface area contributed by atoms with Crippen LogP contribution in [0.25, 0.3) is 0 Å². The molecule has 2 aromatic rings. The van der Waals surface area contributed by atoms with Crippen LogP contribution in [0.1, 0.15) is 12.5 Å². The zero-order valence-electron chi connectivity index (χ0n) is 14.9. The molecule has 0 radical (unpaired) electrons. The Labute approximate surface area is 157 Å². The van der Waals surface area contributed by atoms with Crippen molar-refractivity contribution < 1.29 is 22.9 Å². The number of sulfonamides is 1. The van der Waals surface area contributed by atoms with Crippen LogP contribution in [0.4, 0.5) is 5.69 Å². The molecule has 0 aromatic heterocycles. The third kappa shape index (κ3) is 4.89. The first kappa shape index (κ1) is 20.5. The number of nitrogens with zero attached hydrogens (tertiary/aromatic N) is 2. The third-order valence-electron chi connectivity index (χ3n) is 3.99. The van der Waals surface area contributed by atoms with Crippen molar-refractivity contribution in [1.82, 2.24) is 4.31 Å². The van der Waals surface area contributed by atoms with Crippen molar-refractivity contribution in [2.24, 2.45) is 0 Å². The monoisotopic (exact) mass is 392 g/mol. The summed E-state index contributed by atoms with van der Waals surface area (Å²) in [7, 11) is -2.76. The zero-order valence-corrected chi connectivity index (χ0v) is 15.8. The molecule has 0 spiro atoms. The lowest BCUT2D eigenvalue weighted by molar-refractivity contribution is -0.384. The second kappa shape index (κ2) is 8.74. The molecule has 0 amide bonds. The molecule has 0 aliphatic heterocycles. The van der Waals surface area contributed by atoms with Gasteiger partial charge >= 0.3 is 5.97 Å². The molecule has 0 saturated carbocycles. The Balaban J connectivity index is 2.35. The largest absolute Gasteiger partial charge is 0.465 e. The molecular formula is C18H20N2O6S. The van der Waals surface area contributed by atoms with Gasteiger partial charge in [-0.1, -0.05) is 30.3 Å². The number of benzene rings is 2. The Morgan fingerprint density at radius 3 is 2.26 bits per heavy atom. The predicted octanol–water partition coefficient (Wildman–Crippen LogP) is 2.39. The van der Waals surface area contributed by atoms with Crippen molar-refractivity contribution in [1.29, 1.82) is 0 Å². The summed E-state index contributed by atoms with van der Waals surface area (Å²) in [6.07, 6.45) is 0.141. The first-order chi connectivity index (χ1) is 12.8. The van der Waals surface area contributed by atoms with Crippen molar-refractivity contribution in [3.05, 3.63) is 70.3 Å². The van der Waals surface area contributed by atoms with Gasteiger partial charge in [0.25, 0.3) is 5.69 Å². The van der Waals surface area contributed by atoms with Crippen molar-refractivity contribution in [3.8, 4) is 0 Å². The molecule has 1 unspecified atom stereocenters. The highest BCUT2D eigenvalue weighted by atomic mass is 32.2. The number of ether oxygens (including phenoxy) is 1. The van der Waals surface area contributed by atoms with Gasteiger partial charge in [0, 0.05) is 19.2 Å². The minimum absolute atomic E-state index is 0.121. The smallest absolute Gasteiger partial charge is 0.324 e. The molecule has 27 heavy (non-hydrogen) atoms. The van der Waals surface area contributed by atoms with Gasteiger partial charge in [-0.15, -0.1) is 0 Å². The number of rotatable bonds is 8. The molecule has 9 heteroatoms. The van der Waals surface area contributed by atoms with Crippen molar-refractivity contribution >= 4 is 21.7 Å². The molecule has 0 aliphatic rings. The summed E-state index contributed by atoms with van der Waals surface area (Å²) in [6, 6.07) is 12.4. The van der Waals surface area contributed by atoms with Crippen LogP contribution in [0.3, 0.4) is 0 Å². The quantitative estimate of drug-likeness (QED) is 0.388. The number of carbonyl (C=O) groups is 1. The van der Waals surface area contributed by atoms with Gasteiger partial charge in [0.05, 0.1) is 16.4 Å². The molecule has 0 N–H and O–H groups in total. The summed E-state index contributed by atoms with van der Waals surface area (Å²) in [5.74, 6) is -0.658. The highest BCUT2D eigenvalue weighted by molar-refractivity contribution is 7.89. The average molecular weight is 392 g/mol. The molecule has 0 heterocycles. The number of nitro groups is 1. The number of hydrogen-bond acceptors (Lipinski definition) is 6. The summed E-state index contributed by atoms with van der Waals surface area (Å²) >= 11 is 0. The molecule has 0 bridgehead atoms. The lowest BCUT2D eigenvalue weighted by atomic mass is 10.1. The summed E-state index contributed by atoms with van der Waals surface area (Å²) in [5, 5.41) is 10.8. The molecular weight excluding hydrogens is 372 g/mol. The highest BCUT2D eigenvalue weighted by Gasteiger charge is 2.34. The van der Waals surface area contributed by atoms with E-state index >= 15 is 0 Å². The van der Waals surface area contributed by atoms with Crippen molar-refractivity contribution in [3.63, 3.8) is 0 Å². The normalized spacial score (nSPS) is 12.6. The van der Waals surface area contributed by atoms with E-state index in [1.54, 1.807) is 31.2 Å². The van der Waals surface area contributed by atoms with Gasteiger partial charge in [-0.3, -0.25) is 14.9 Å². The topological polar surface area (TPSA) is 107 Å². The van der Waals surface area contributed by atoms with Crippen LogP contribution in [-0.4, -0.2) is 43.3 Å². The van der Waals surface area contributed by atoms with E-state index in [4.69, 9.17) is 4.74 Å². The summed E-state index contributed by atoms with van der Waals surface area (Å²) in [4.78, 5) is 22.4. The molecule has 2 aromatic carbocycles. The molecule has 0 saturated heterocycles. The van der Waals surface area contributed by atoms with E-state index < -0.39 is 27.0 Å². The molecule has 2 rings (SSSR count). The van der Waals surface area contributed by atoms with Gasteiger partial charge in [0.15, 0.2) is 0 Å². The fourth-order valence-corrected chi connectivity index (χ4v) is 3.82. The van der Waals surface area contributed by atoms with E-state index in [2.05, 4.69) is 0 Å².